The molecule has 1 aliphatic heterocycles. The summed E-state index contributed by atoms with van der Waals surface area (Å²) in [5.74, 6) is 0.697. The van der Waals surface area contributed by atoms with Gasteiger partial charge in [0.2, 0.25) is 0 Å². The van der Waals surface area contributed by atoms with E-state index in [0.29, 0.717) is 12.0 Å². The Bertz CT molecular complexity index is 141. The zero-order chi connectivity index (χ0) is 9.68. The van der Waals surface area contributed by atoms with Crippen LogP contribution < -0.4 is 5.32 Å². The molecule has 0 aromatic heterocycles. The van der Waals surface area contributed by atoms with Gasteiger partial charge in [0.05, 0.1) is 6.61 Å². The first-order valence-corrected chi connectivity index (χ1v) is 5.33. The molecule has 0 radical (unpaired) electrons. The maximum absolute atomic E-state index is 9.22. The lowest BCUT2D eigenvalue weighted by atomic mass is 10.1. The van der Waals surface area contributed by atoms with Gasteiger partial charge in [-0.15, -0.1) is 0 Å². The Balaban J connectivity index is 2.49. The highest BCUT2D eigenvalue weighted by Gasteiger charge is 2.21. The van der Waals surface area contributed by atoms with Crippen LogP contribution in [-0.4, -0.2) is 48.8 Å². The lowest BCUT2D eigenvalue weighted by Crippen LogP contribution is -2.43. The van der Waals surface area contributed by atoms with Crippen LogP contribution in [0.4, 0.5) is 0 Å². The van der Waals surface area contributed by atoms with Crippen molar-refractivity contribution < 1.29 is 5.11 Å². The number of rotatable bonds is 3. The van der Waals surface area contributed by atoms with E-state index in [2.05, 4.69) is 24.1 Å². The average molecular weight is 186 g/mol. The molecule has 1 aliphatic rings. The molecular formula is C10H22N2O. The lowest BCUT2D eigenvalue weighted by molar-refractivity contribution is 0.124. The summed E-state index contributed by atoms with van der Waals surface area (Å²) in [6.45, 7) is 8.97. The number of nitrogens with one attached hydrogen (secondary N) is 1. The number of nitrogens with zero attached hydrogens (tertiary/aromatic N) is 1. The van der Waals surface area contributed by atoms with Crippen molar-refractivity contribution in [2.45, 2.75) is 26.3 Å². The average Bonchev–Trinajstić information content (AvgIpc) is 2.28. The first-order chi connectivity index (χ1) is 6.27. The Morgan fingerprint density at radius 3 is 2.85 bits per heavy atom. The van der Waals surface area contributed by atoms with Crippen LogP contribution in [-0.2, 0) is 0 Å². The Hall–Kier alpha value is -0.120. The normalized spacial score (nSPS) is 31.6. The third-order valence-corrected chi connectivity index (χ3v) is 2.66. The minimum absolute atomic E-state index is 0.278. The molecule has 3 nitrogen and oxygen atoms in total. The summed E-state index contributed by atoms with van der Waals surface area (Å²) in [7, 11) is 0. The highest BCUT2D eigenvalue weighted by atomic mass is 16.3. The van der Waals surface area contributed by atoms with Gasteiger partial charge in [-0.2, -0.15) is 0 Å². The molecule has 2 N–H and O–H groups in total. The second kappa shape index (κ2) is 5.58. The summed E-state index contributed by atoms with van der Waals surface area (Å²) in [6.07, 6.45) is 1.17. The number of aliphatic hydroxyl groups excluding tert-OH is 1. The maximum atomic E-state index is 9.22. The van der Waals surface area contributed by atoms with E-state index < -0.39 is 0 Å². The van der Waals surface area contributed by atoms with Crippen molar-refractivity contribution in [2.75, 3.05) is 32.8 Å². The highest BCUT2D eigenvalue weighted by molar-refractivity contribution is 4.79. The molecule has 0 saturated carbocycles. The number of aliphatic hydroxyl groups is 1. The van der Waals surface area contributed by atoms with Crippen LogP contribution in [0.5, 0.6) is 0 Å². The maximum Gasteiger partial charge on any atom is 0.0599 e. The molecule has 0 aromatic rings. The van der Waals surface area contributed by atoms with Crippen LogP contribution in [0.2, 0.25) is 0 Å². The van der Waals surface area contributed by atoms with Crippen LogP contribution in [0.1, 0.15) is 20.3 Å². The Labute approximate surface area is 81.1 Å². The Morgan fingerprint density at radius 2 is 2.23 bits per heavy atom. The quantitative estimate of drug-likeness (QED) is 0.665. The zero-order valence-electron chi connectivity index (χ0n) is 8.79. The molecule has 0 spiro atoms. The molecule has 0 amide bonds. The van der Waals surface area contributed by atoms with E-state index in [0.717, 1.165) is 26.2 Å². The van der Waals surface area contributed by atoms with Gasteiger partial charge >= 0.3 is 0 Å². The second-order valence-corrected chi connectivity index (χ2v) is 4.09. The fraction of sp³-hybridized carbons (Fsp3) is 1.00. The van der Waals surface area contributed by atoms with Gasteiger partial charge in [0, 0.05) is 19.1 Å². The third-order valence-electron chi connectivity index (χ3n) is 2.66. The molecule has 1 fully saturated rings. The van der Waals surface area contributed by atoms with E-state index >= 15 is 0 Å². The predicted molar refractivity (Wildman–Crippen MR) is 54.8 cm³/mol. The van der Waals surface area contributed by atoms with Crippen LogP contribution in [0.3, 0.4) is 0 Å². The van der Waals surface area contributed by atoms with Crippen LogP contribution in [0, 0.1) is 5.92 Å². The molecule has 78 valence electrons. The largest absolute Gasteiger partial charge is 0.395 e. The first-order valence-electron chi connectivity index (χ1n) is 5.33. The SMILES string of the molecule is CCCN1CC(C)CNCC1CO. The second-order valence-electron chi connectivity index (χ2n) is 4.09. The van der Waals surface area contributed by atoms with Crippen molar-refractivity contribution in [3.8, 4) is 0 Å². The van der Waals surface area contributed by atoms with Crippen molar-refractivity contribution in [2.24, 2.45) is 5.92 Å². The Morgan fingerprint density at radius 1 is 1.46 bits per heavy atom. The summed E-state index contributed by atoms with van der Waals surface area (Å²) in [4.78, 5) is 2.41. The van der Waals surface area contributed by atoms with E-state index in [4.69, 9.17) is 0 Å². The van der Waals surface area contributed by atoms with Gasteiger partial charge in [-0.1, -0.05) is 13.8 Å². The molecule has 13 heavy (non-hydrogen) atoms. The van der Waals surface area contributed by atoms with Crippen molar-refractivity contribution >= 4 is 0 Å². The molecular weight excluding hydrogens is 164 g/mol. The third kappa shape index (κ3) is 3.25. The monoisotopic (exact) mass is 186 g/mol. The minimum atomic E-state index is 0.278. The Kier molecular flexibility index (Phi) is 4.70. The standard InChI is InChI=1S/C10H22N2O/c1-3-4-12-7-9(2)5-11-6-10(12)8-13/h9-11,13H,3-8H2,1-2H3. The van der Waals surface area contributed by atoms with Gasteiger partial charge in [0.25, 0.3) is 0 Å². The van der Waals surface area contributed by atoms with Crippen molar-refractivity contribution in [3.63, 3.8) is 0 Å². The fourth-order valence-electron chi connectivity index (χ4n) is 1.98. The smallest absolute Gasteiger partial charge is 0.0599 e. The van der Waals surface area contributed by atoms with Gasteiger partial charge in [0.1, 0.15) is 0 Å². The predicted octanol–water partition coefficient (Wildman–Crippen LogP) is 0.299. The minimum Gasteiger partial charge on any atom is -0.395 e. The van der Waals surface area contributed by atoms with Crippen LogP contribution in [0.25, 0.3) is 0 Å². The molecule has 0 aliphatic carbocycles. The van der Waals surface area contributed by atoms with E-state index in [-0.39, 0.29) is 6.61 Å². The van der Waals surface area contributed by atoms with Gasteiger partial charge < -0.3 is 10.4 Å². The molecule has 2 atom stereocenters. The summed E-state index contributed by atoms with van der Waals surface area (Å²) < 4.78 is 0. The molecule has 0 aromatic carbocycles. The van der Waals surface area contributed by atoms with Crippen LogP contribution >= 0.6 is 0 Å². The molecule has 2 unspecified atom stereocenters. The zero-order valence-corrected chi connectivity index (χ0v) is 8.79. The van der Waals surface area contributed by atoms with Gasteiger partial charge in [0.15, 0.2) is 0 Å². The number of hydrogen-bond acceptors (Lipinski definition) is 3. The van der Waals surface area contributed by atoms with Gasteiger partial charge in [-0.3, -0.25) is 4.90 Å². The van der Waals surface area contributed by atoms with E-state index in [9.17, 15) is 5.11 Å². The van der Waals surface area contributed by atoms with E-state index in [1.54, 1.807) is 0 Å². The molecule has 1 saturated heterocycles. The number of hydrogen-bond donors (Lipinski definition) is 2. The molecule has 1 rings (SSSR count). The summed E-state index contributed by atoms with van der Waals surface area (Å²) >= 11 is 0. The highest BCUT2D eigenvalue weighted by Crippen LogP contribution is 2.08. The van der Waals surface area contributed by atoms with Crippen molar-refractivity contribution in [1.82, 2.24) is 10.2 Å². The van der Waals surface area contributed by atoms with E-state index in [1.165, 1.54) is 6.42 Å². The van der Waals surface area contributed by atoms with Crippen LogP contribution in [0.15, 0.2) is 0 Å². The van der Waals surface area contributed by atoms with Crippen molar-refractivity contribution in [3.05, 3.63) is 0 Å². The van der Waals surface area contributed by atoms with Gasteiger partial charge in [-0.25, -0.2) is 0 Å². The molecule has 0 bridgehead atoms. The molecule has 3 heteroatoms. The summed E-state index contributed by atoms with van der Waals surface area (Å²) in [5.41, 5.74) is 0. The van der Waals surface area contributed by atoms with Crippen molar-refractivity contribution in [1.29, 1.82) is 0 Å². The summed E-state index contributed by atoms with van der Waals surface area (Å²) in [5, 5.41) is 12.6. The van der Waals surface area contributed by atoms with Gasteiger partial charge in [-0.05, 0) is 25.4 Å². The first kappa shape index (κ1) is 11.0. The van der Waals surface area contributed by atoms with E-state index in [1.807, 2.05) is 0 Å². The lowest BCUT2D eigenvalue weighted by Gasteiger charge is -2.28. The fourth-order valence-corrected chi connectivity index (χ4v) is 1.98. The topological polar surface area (TPSA) is 35.5 Å². The molecule has 1 heterocycles. The summed E-state index contributed by atoms with van der Waals surface area (Å²) in [6, 6.07) is 0.324.